The van der Waals surface area contributed by atoms with E-state index in [9.17, 15) is 4.79 Å². The highest BCUT2D eigenvalue weighted by molar-refractivity contribution is 6.35. The van der Waals surface area contributed by atoms with Gasteiger partial charge in [0.15, 0.2) is 0 Å². The molecule has 0 aromatic heterocycles. The largest absolute Gasteiger partial charge is 0.496 e. The highest BCUT2D eigenvalue weighted by atomic mass is 35.5. The first-order chi connectivity index (χ1) is 10.0. The van der Waals surface area contributed by atoms with Crippen LogP contribution >= 0.6 is 23.2 Å². The van der Waals surface area contributed by atoms with E-state index < -0.39 is 0 Å². The number of amides is 1. The van der Waals surface area contributed by atoms with E-state index in [0.29, 0.717) is 21.4 Å². The normalized spacial score (nSPS) is 11.8. The lowest BCUT2D eigenvalue weighted by Gasteiger charge is -2.17. The van der Waals surface area contributed by atoms with Crippen molar-refractivity contribution < 1.29 is 9.53 Å². The average molecular weight is 324 g/mol. The quantitative estimate of drug-likeness (QED) is 0.900. The van der Waals surface area contributed by atoms with E-state index >= 15 is 0 Å². The monoisotopic (exact) mass is 323 g/mol. The zero-order valence-corrected chi connectivity index (χ0v) is 13.2. The molecular formula is C16H15Cl2NO2. The predicted octanol–water partition coefficient (Wildman–Crippen LogP) is 4.49. The maximum Gasteiger partial charge on any atom is 0.255 e. The molecule has 1 atom stereocenters. The SMILES string of the molecule is COc1ccccc1C(=O)N[C@H](C)c1ccc(Cl)cc1Cl. The fourth-order valence-corrected chi connectivity index (χ4v) is 2.61. The second-order valence-corrected chi connectivity index (χ2v) is 5.40. The summed E-state index contributed by atoms with van der Waals surface area (Å²) in [5, 5.41) is 3.99. The standard InChI is InChI=1S/C16H15Cl2NO2/c1-10(12-8-7-11(17)9-14(12)18)19-16(20)13-5-3-4-6-15(13)21-2/h3-10H,1-2H3,(H,19,20)/t10-/m1/s1. The van der Waals surface area contributed by atoms with Gasteiger partial charge in [0.1, 0.15) is 5.75 Å². The third-order valence-electron chi connectivity index (χ3n) is 3.13. The van der Waals surface area contributed by atoms with Crippen LogP contribution in [-0.4, -0.2) is 13.0 Å². The summed E-state index contributed by atoms with van der Waals surface area (Å²) in [6.07, 6.45) is 0. The summed E-state index contributed by atoms with van der Waals surface area (Å²) >= 11 is 12.0. The third kappa shape index (κ3) is 3.69. The number of hydrogen-bond acceptors (Lipinski definition) is 2. The number of rotatable bonds is 4. The van der Waals surface area contributed by atoms with Crippen LogP contribution in [0.1, 0.15) is 28.9 Å². The van der Waals surface area contributed by atoms with Crippen LogP contribution < -0.4 is 10.1 Å². The van der Waals surface area contributed by atoms with Gasteiger partial charge in [-0.2, -0.15) is 0 Å². The molecule has 0 spiro atoms. The molecule has 3 nitrogen and oxygen atoms in total. The molecule has 0 radical (unpaired) electrons. The summed E-state index contributed by atoms with van der Waals surface area (Å²) in [5.74, 6) is 0.315. The minimum atomic E-state index is -0.243. The van der Waals surface area contributed by atoms with Gasteiger partial charge in [0.05, 0.1) is 18.7 Å². The van der Waals surface area contributed by atoms with E-state index in [2.05, 4.69) is 5.32 Å². The van der Waals surface area contributed by atoms with Crippen LogP contribution in [0.25, 0.3) is 0 Å². The van der Waals surface area contributed by atoms with Crippen LogP contribution in [0.5, 0.6) is 5.75 Å². The van der Waals surface area contributed by atoms with Crippen molar-refractivity contribution >= 4 is 29.1 Å². The first-order valence-electron chi connectivity index (χ1n) is 6.41. The first kappa shape index (κ1) is 15.7. The van der Waals surface area contributed by atoms with Crippen LogP contribution in [0.4, 0.5) is 0 Å². The molecule has 1 N–H and O–H groups in total. The molecule has 0 saturated carbocycles. The number of ether oxygens (including phenoxy) is 1. The molecule has 0 aliphatic carbocycles. The molecule has 0 aliphatic heterocycles. The van der Waals surface area contributed by atoms with Crippen LogP contribution in [0.15, 0.2) is 42.5 Å². The van der Waals surface area contributed by atoms with Crippen LogP contribution in [0, 0.1) is 0 Å². The summed E-state index contributed by atoms with van der Waals surface area (Å²) < 4.78 is 5.19. The van der Waals surface area contributed by atoms with Crippen molar-refractivity contribution in [3.63, 3.8) is 0 Å². The van der Waals surface area contributed by atoms with Crippen molar-refractivity contribution in [3.05, 3.63) is 63.6 Å². The summed E-state index contributed by atoms with van der Waals surface area (Å²) in [6.45, 7) is 1.86. The van der Waals surface area contributed by atoms with Crippen molar-refractivity contribution in [3.8, 4) is 5.75 Å². The van der Waals surface area contributed by atoms with Gasteiger partial charge in [0.25, 0.3) is 5.91 Å². The molecule has 2 aromatic carbocycles. The summed E-state index contributed by atoms with van der Waals surface area (Å²) in [5.41, 5.74) is 1.29. The number of para-hydroxylation sites is 1. The second-order valence-electron chi connectivity index (χ2n) is 4.56. The van der Waals surface area contributed by atoms with E-state index in [0.717, 1.165) is 5.56 Å². The summed E-state index contributed by atoms with van der Waals surface area (Å²) in [6, 6.07) is 12.0. The number of methoxy groups -OCH3 is 1. The zero-order valence-electron chi connectivity index (χ0n) is 11.7. The molecule has 2 rings (SSSR count). The van der Waals surface area contributed by atoms with Gasteiger partial charge in [0.2, 0.25) is 0 Å². The predicted molar refractivity (Wildman–Crippen MR) is 85.3 cm³/mol. The van der Waals surface area contributed by atoms with Crippen LogP contribution in [-0.2, 0) is 0 Å². The van der Waals surface area contributed by atoms with Crippen LogP contribution in [0.3, 0.4) is 0 Å². The lowest BCUT2D eigenvalue weighted by Crippen LogP contribution is -2.27. The highest BCUT2D eigenvalue weighted by Gasteiger charge is 2.16. The van der Waals surface area contributed by atoms with E-state index in [1.165, 1.54) is 7.11 Å². The van der Waals surface area contributed by atoms with E-state index in [4.69, 9.17) is 27.9 Å². The average Bonchev–Trinajstić information content (AvgIpc) is 2.46. The Balaban J connectivity index is 2.19. The molecule has 21 heavy (non-hydrogen) atoms. The van der Waals surface area contributed by atoms with E-state index in [-0.39, 0.29) is 11.9 Å². The Kier molecular flexibility index (Phi) is 5.10. The lowest BCUT2D eigenvalue weighted by atomic mass is 10.1. The van der Waals surface area contributed by atoms with Crippen LogP contribution in [0.2, 0.25) is 10.0 Å². The molecule has 0 fully saturated rings. The molecule has 1 amide bonds. The number of carbonyl (C=O) groups is 1. The van der Waals surface area contributed by atoms with Gasteiger partial charge in [-0.1, -0.05) is 41.4 Å². The topological polar surface area (TPSA) is 38.3 Å². The summed E-state index contributed by atoms with van der Waals surface area (Å²) in [4.78, 5) is 12.3. The molecule has 0 aliphatic rings. The molecule has 5 heteroatoms. The van der Waals surface area contributed by atoms with Gasteiger partial charge in [-0.05, 0) is 36.8 Å². The van der Waals surface area contributed by atoms with Gasteiger partial charge in [-0.25, -0.2) is 0 Å². The molecule has 2 aromatic rings. The van der Waals surface area contributed by atoms with Gasteiger partial charge < -0.3 is 10.1 Å². The highest BCUT2D eigenvalue weighted by Crippen LogP contribution is 2.27. The van der Waals surface area contributed by atoms with Crippen molar-refractivity contribution in [2.75, 3.05) is 7.11 Å². The maximum absolute atomic E-state index is 12.3. The Morgan fingerprint density at radius 1 is 1.19 bits per heavy atom. The molecule has 0 bridgehead atoms. The van der Waals surface area contributed by atoms with Crippen molar-refractivity contribution in [2.24, 2.45) is 0 Å². The smallest absolute Gasteiger partial charge is 0.255 e. The number of benzene rings is 2. The molecular weight excluding hydrogens is 309 g/mol. The Bertz CT molecular complexity index is 658. The van der Waals surface area contributed by atoms with Crippen molar-refractivity contribution in [1.29, 1.82) is 0 Å². The zero-order chi connectivity index (χ0) is 15.4. The third-order valence-corrected chi connectivity index (χ3v) is 3.69. The summed E-state index contributed by atoms with van der Waals surface area (Å²) in [7, 11) is 1.53. The minimum absolute atomic E-state index is 0.217. The van der Waals surface area contributed by atoms with Gasteiger partial charge in [-0.3, -0.25) is 4.79 Å². The Morgan fingerprint density at radius 2 is 1.90 bits per heavy atom. The first-order valence-corrected chi connectivity index (χ1v) is 7.17. The lowest BCUT2D eigenvalue weighted by molar-refractivity contribution is 0.0937. The number of halogens is 2. The Morgan fingerprint density at radius 3 is 2.57 bits per heavy atom. The molecule has 0 saturated heterocycles. The molecule has 0 heterocycles. The Hall–Kier alpha value is -1.71. The van der Waals surface area contributed by atoms with Gasteiger partial charge in [0, 0.05) is 10.0 Å². The van der Waals surface area contributed by atoms with Gasteiger partial charge >= 0.3 is 0 Å². The van der Waals surface area contributed by atoms with Crippen molar-refractivity contribution in [2.45, 2.75) is 13.0 Å². The number of nitrogens with one attached hydrogen (secondary N) is 1. The molecule has 110 valence electrons. The number of carbonyl (C=O) groups excluding carboxylic acids is 1. The minimum Gasteiger partial charge on any atom is -0.496 e. The van der Waals surface area contributed by atoms with E-state index in [1.807, 2.05) is 13.0 Å². The fourth-order valence-electron chi connectivity index (χ4n) is 2.04. The van der Waals surface area contributed by atoms with E-state index in [1.54, 1.807) is 36.4 Å². The molecule has 0 unspecified atom stereocenters. The Labute approximate surface area is 133 Å². The number of hydrogen-bond donors (Lipinski definition) is 1. The second kappa shape index (κ2) is 6.83. The van der Waals surface area contributed by atoms with Gasteiger partial charge in [-0.15, -0.1) is 0 Å². The maximum atomic E-state index is 12.3. The fraction of sp³-hybridized carbons (Fsp3) is 0.188. The van der Waals surface area contributed by atoms with Crippen molar-refractivity contribution in [1.82, 2.24) is 5.32 Å².